The SMILES string of the molecule is COC(=O)Cc1n[nH]c(=S)[nH]c1=O. The molecule has 0 bridgehead atoms. The van der Waals surface area contributed by atoms with E-state index in [2.05, 4.69) is 32.1 Å². The molecular weight excluding hydrogens is 194 g/mol. The highest BCUT2D eigenvalue weighted by atomic mass is 32.1. The van der Waals surface area contributed by atoms with E-state index in [1.54, 1.807) is 0 Å². The fourth-order valence-corrected chi connectivity index (χ4v) is 0.839. The van der Waals surface area contributed by atoms with Crippen LogP contribution in [0.1, 0.15) is 5.69 Å². The number of esters is 1. The molecule has 0 aromatic carbocycles. The largest absolute Gasteiger partial charge is 0.469 e. The third-order valence-corrected chi connectivity index (χ3v) is 1.51. The maximum atomic E-state index is 11.1. The number of nitrogens with zero attached hydrogens (tertiary/aromatic N) is 1. The van der Waals surface area contributed by atoms with Crippen molar-refractivity contribution in [3.63, 3.8) is 0 Å². The van der Waals surface area contributed by atoms with Gasteiger partial charge in [-0.3, -0.25) is 19.7 Å². The molecule has 0 aliphatic rings. The molecule has 0 amide bonds. The second-order valence-electron chi connectivity index (χ2n) is 2.21. The standard InChI is InChI=1S/C6H7N3O3S/c1-12-4(10)2-3-5(11)7-6(13)9-8-3/h2H2,1H3,(H2,7,9,11,13). The number of carbonyl (C=O) groups excluding carboxylic acids is 1. The van der Waals surface area contributed by atoms with Gasteiger partial charge in [0.15, 0.2) is 4.77 Å². The monoisotopic (exact) mass is 201 g/mol. The number of aromatic nitrogens is 3. The van der Waals surface area contributed by atoms with E-state index >= 15 is 0 Å². The smallest absolute Gasteiger partial charge is 0.311 e. The predicted octanol–water partition coefficient (Wildman–Crippen LogP) is -0.457. The van der Waals surface area contributed by atoms with Crippen LogP contribution in [0.5, 0.6) is 0 Å². The molecule has 0 unspecified atom stereocenters. The van der Waals surface area contributed by atoms with Gasteiger partial charge >= 0.3 is 5.97 Å². The highest BCUT2D eigenvalue weighted by Gasteiger charge is 2.07. The molecule has 0 atom stereocenters. The van der Waals surface area contributed by atoms with Gasteiger partial charge in [-0.25, -0.2) is 0 Å². The zero-order valence-corrected chi connectivity index (χ0v) is 7.60. The first kappa shape index (κ1) is 9.59. The summed E-state index contributed by atoms with van der Waals surface area (Å²) in [6, 6.07) is 0. The Balaban J connectivity index is 2.97. The van der Waals surface area contributed by atoms with Gasteiger partial charge in [-0.05, 0) is 12.2 Å². The molecule has 2 N–H and O–H groups in total. The molecule has 0 radical (unpaired) electrons. The Hall–Kier alpha value is -1.50. The average molecular weight is 201 g/mol. The van der Waals surface area contributed by atoms with E-state index in [0.29, 0.717) is 0 Å². The molecule has 0 aliphatic heterocycles. The minimum Gasteiger partial charge on any atom is -0.469 e. The Bertz CT molecular complexity index is 422. The molecule has 0 aliphatic carbocycles. The summed E-state index contributed by atoms with van der Waals surface area (Å²) in [6.45, 7) is 0. The summed E-state index contributed by atoms with van der Waals surface area (Å²) in [5.41, 5.74) is -0.422. The van der Waals surface area contributed by atoms with Crippen molar-refractivity contribution in [1.29, 1.82) is 0 Å². The number of rotatable bonds is 2. The molecule has 1 aromatic rings. The van der Waals surface area contributed by atoms with Gasteiger partial charge in [0.25, 0.3) is 5.56 Å². The molecule has 70 valence electrons. The van der Waals surface area contributed by atoms with Crippen LogP contribution in [-0.2, 0) is 16.0 Å². The molecule has 13 heavy (non-hydrogen) atoms. The summed E-state index contributed by atoms with van der Waals surface area (Å²) in [5, 5.41) is 5.96. The third kappa shape index (κ3) is 2.48. The van der Waals surface area contributed by atoms with E-state index in [9.17, 15) is 9.59 Å². The summed E-state index contributed by atoms with van der Waals surface area (Å²) in [6.07, 6.45) is -0.169. The van der Waals surface area contributed by atoms with Crippen LogP contribution in [0.4, 0.5) is 0 Å². The lowest BCUT2D eigenvalue weighted by atomic mass is 10.3. The Labute approximate surface area is 77.9 Å². The minimum absolute atomic E-state index is 0.0560. The van der Waals surface area contributed by atoms with Gasteiger partial charge in [-0.2, -0.15) is 5.10 Å². The van der Waals surface area contributed by atoms with Crippen LogP contribution < -0.4 is 5.56 Å². The third-order valence-electron chi connectivity index (χ3n) is 1.32. The fraction of sp³-hybridized carbons (Fsp3) is 0.333. The molecular formula is C6H7N3O3S. The molecule has 0 spiro atoms. The predicted molar refractivity (Wildman–Crippen MR) is 45.8 cm³/mol. The highest BCUT2D eigenvalue weighted by Crippen LogP contribution is 1.86. The number of aromatic amines is 2. The van der Waals surface area contributed by atoms with E-state index in [-0.39, 0.29) is 16.9 Å². The van der Waals surface area contributed by atoms with E-state index in [1.807, 2.05) is 0 Å². The second-order valence-corrected chi connectivity index (χ2v) is 2.61. The zero-order chi connectivity index (χ0) is 9.84. The van der Waals surface area contributed by atoms with E-state index in [0.717, 1.165) is 0 Å². The van der Waals surface area contributed by atoms with E-state index in [1.165, 1.54) is 7.11 Å². The Morgan fingerprint density at radius 3 is 2.92 bits per heavy atom. The van der Waals surface area contributed by atoms with Crippen molar-refractivity contribution in [2.24, 2.45) is 0 Å². The van der Waals surface area contributed by atoms with Gasteiger partial charge in [0, 0.05) is 0 Å². The maximum Gasteiger partial charge on any atom is 0.311 e. The van der Waals surface area contributed by atoms with Crippen molar-refractivity contribution in [3.05, 3.63) is 20.8 Å². The van der Waals surface area contributed by atoms with Crippen molar-refractivity contribution in [2.45, 2.75) is 6.42 Å². The molecule has 6 nitrogen and oxygen atoms in total. The number of nitrogens with one attached hydrogen (secondary N) is 2. The van der Waals surface area contributed by atoms with Crippen LogP contribution in [-0.4, -0.2) is 28.3 Å². The van der Waals surface area contributed by atoms with E-state index < -0.39 is 11.5 Å². The van der Waals surface area contributed by atoms with Crippen LogP contribution in [0.2, 0.25) is 0 Å². The first-order valence-corrected chi connectivity index (χ1v) is 3.79. The van der Waals surface area contributed by atoms with Gasteiger partial charge in [0.1, 0.15) is 5.69 Å². The highest BCUT2D eigenvalue weighted by molar-refractivity contribution is 7.71. The van der Waals surface area contributed by atoms with Gasteiger partial charge in [0.05, 0.1) is 13.5 Å². The fourth-order valence-electron chi connectivity index (χ4n) is 0.701. The minimum atomic E-state index is -0.525. The van der Waals surface area contributed by atoms with Crippen LogP contribution in [0, 0.1) is 4.77 Å². The Morgan fingerprint density at radius 1 is 1.69 bits per heavy atom. The number of carbonyl (C=O) groups is 1. The number of hydrogen-bond acceptors (Lipinski definition) is 5. The molecule has 0 saturated heterocycles. The summed E-state index contributed by atoms with van der Waals surface area (Å²) < 4.78 is 4.49. The van der Waals surface area contributed by atoms with Crippen LogP contribution in [0.3, 0.4) is 0 Å². The first-order chi connectivity index (χ1) is 6.13. The van der Waals surface area contributed by atoms with Crippen LogP contribution in [0.15, 0.2) is 4.79 Å². The number of H-pyrrole nitrogens is 2. The number of ether oxygens (including phenoxy) is 1. The molecule has 7 heteroatoms. The second kappa shape index (κ2) is 3.94. The summed E-state index contributed by atoms with van der Waals surface area (Å²) in [5.74, 6) is -0.525. The average Bonchev–Trinajstić information content (AvgIpc) is 2.09. The van der Waals surface area contributed by atoms with Crippen molar-refractivity contribution >= 4 is 18.2 Å². The van der Waals surface area contributed by atoms with Crippen LogP contribution in [0.25, 0.3) is 0 Å². The molecule has 0 fully saturated rings. The summed E-state index contributed by atoms with van der Waals surface area (Å²) in [7, 11) is 1.24. The molecule has 0 saturated carbocycles. The normalized spacial score (nSPS) is 9.62. The van der Waals surface area contributed by atoms with Crippen LogP contribution >= 0.6 is 12.2 Å². The molecule has 1 rings (SSSR count). The molecule has 1 heterocycles. The van der Waals surface area contributed by atoms with Gasteiger partial charge < -0.3 is 4.74 Å². The van der Waals surface area contributed by atoms with Gasteiger partial charge in [-0.15, -0.1) is 0 Å². The molecule has 1 aromatic heterocycles. The maximum absolute atomic E-state index is 11.1. The zero-order valence-electron chi connectivity index (χ0n) is 6.79. The van der Waals surface area contributed by atoms with Crippen molar-refractivity contribution in [3.8, 4) is 0 Å². The summed E-state index contributed by atoms with van der Waals surface area (Å²) in [4.78, 5) is 24.1. The number of methoxy groups -OCH3 is 1. The first-order valence-electron chi connectivity index (χ1n) is 3.38. The lowest BCUT2D eigenvalue weighted by molar-refractivity contribution is -0.139. The van der Waals surface area contributed by atoms with Gasteiger partial charge in [0.2, 0.25) is 0 Å². The lowest BCUT2D eigenvalue weighted by Gasteiger charge is -1.96. The number of hydrogen-bond donors (Lipinski definition) is 2. The van der Waals surface area contributed by atoms with E-state index in [4.69, 9.17) is 0 Å². The quantitative estimate of drug-likeness (QED) is 0.499. The van der Waals surface area contributed by atoms with Crippen molar-refractivity contribution in [2.75, 3.05) is 7.11 Å². The van der Waals surface area contributed by atoms with Crippen molar-refractivity contribution in [1.82, 2.24) is 15.2 Å². The Morgan fingerprint density at radius 2 is 2.38 bits per heavy atom. The van der Waals surface area contributed by atoms with Gasteiger partial charge in [-0.1, -0.05) is 0 Å². The Kier molecular flexibility index (Phi) is 2.91. The lowest BCUT2D eigenvalue weighted by Crippen LogP contribution is -2.20. The topological polar surface area (TPSA) is 87.8 Å². The van der Waals surface area contributed by atoms with Crippen molar-refractivity contribution < 1.29 is 9.53 Å². The summed E-state index contributed by atoms with van der Waals surface area (Å²) >= 11 is 4.61.